The van der Waals surface area contributed by atoms with E-state index in [-0.39, 0.29) is 29.3 Å². The number of carbonyl (C=O) groups is 4. The number of nitrogens with one attached hydrogen (secondary N) is 2. The SMILES string of the molecule is CCCCN1C(=O)c2ccc(C(=O)Nc3ccc(NC(=O)N4CCCCCC4)cc3)cc2C1=O. The Bertz CT molecular complexity index is 1090. The van der Waals surface area contributed by atoms with E-state index in [0.717, 1.165) is 51.6 Å². The molecule has 8 heteroatoms. The number of urea groups is 1. The van der Waals surface area contributed by atoms with Gasteiger partial charge in [-0.15, -0.1) is 0 Å². The van der Waals surface area contributed by atoms with Crippen LogP contribution in [0.1, 0.15) is 76.5 Å². The number of imide groups is 1. The van der Waals surface area contributed by atoms with Crippen molar-refractivity contribution in [3.63, 3.8) is 0 Å². The Morgan fingerprint density at radius 1 is 0.824 bits per heavy atom. The molecule has 0 spiro atoms. The molecule has 5 amide bonds. The molecule has 2 aliphatic rings. The second-order valence-electron chi connectivity index (χ2n) is 8.74. The molecule has 0 radical (unpaired) electrons. The first-order chi connectivity index (χ1) is 16.5. The van der Waals surface area contributed by atoms with Gasteiger partial charge in [-0.05, 0) is 61.7 Å². The summed E-state index contributed by atoms with van der Waals surface area (Å²) in [6.07, 6.45) is 5.98. The lowest BCUT2D eigenvalue weighted by Crippen LogP contribution is -2.35. The van der Waals surface area contributed by atoms with Gasteiger partial charge in [-0.1, -0.05) is 26.2 Å². The zero-order chi connectivity index (χ0) is 24.1. The van der Waals surface area contributed by atoms with Gasteiger partial charge in [0.05, 0.1) is 11.1 Å². The number of carbonyl (C=O) groups excluding carboxylic acids is 4. The van der Waals surface area contributed by atoms with E-state index < -0.39 is 0 Å². The Hall–Kier alpha value is -3.68. The van der Waals surface area contributed by atoms with Gasteiger partial charge in [-0.3, -0.25) is 19.3 Å². The third-order valence-corrected chi connectivity index (χ3v) is 6.26. The van der Waals surface area contributed by atoms with Crippen molar-refractivity contribution in [3.8, 4) is 0 Å². The number of amides is 5. The van der Waals surface area contributed by atoms with Gasteiger partial charge < -0.3 is 15.5 Å². The van der Waals surface area contributed by atoms with Gasteiger partial charge >= 0.3 is 6.03 Å². The molecule has 0 atom stereocenters. The molecule has 1 saturated heterocycles. The largest absolute Gasteiger partial charge is 0.325 e. The zero-order valence-corrected chi connectivity index (χ0v) is 19.4. The summed E-state index contributed by atoms with van der Waals surface area (Å²) in [6, 6.07) is 11.4. The average molecular weight is 463 g/mol. The van der Waals surface area contributed by atoms with E-state index in [1.807, 2.05) is 11.8 Å². The number of fused-ring (bicyclic) bond motifs is 1. The Morgan fingerprint density at radius 2 is 1.44 bits per heavy atom. The highest BCUT2D eigenvalue weighted by molar-refractivity contribution is 6.22. The summed E-state index contributed by atoms with van der Waals surface area (Å²) in [4.78, 5) is 53.4. The highest BCUT2D eigenvalue weighted by Gasteiger charge is 2.35. The fraction of sp³-hybridized carbons (Fsp3) is 0.385. The molecule has 0 saturated carbocycles. The molecule has 2 aromatic carbocycles. The first-order valence-corrected chi connectivity index (χ1v) is 12.0. The minimum Gasteiger partial charge on any atom is -0.325 e. The van der Waals surface area contributed by atoms with Crippen LogP contribution in [-0.2, 0) is 0 Å². The lowest BCUT2D eigenvalue weighted by molar-refractivity contribution is 0.0652. The van der Waals surface area contributed by atoms with Crippen molar-refractivity contribution in [2.45, 2.75) is 45.4 Å². The Labute approximate surface area is 199 Å². The molecule has 0 bridgehead atoms. The summed E-state index contributed by atoms with van der Waals surface area (Å²) in [5, 5.41) is 5.71. The molecule has 0 aliphatic carbocycles. The Balaban J connectivity index is 1.38. The second kappa shape index (κ2) is 10.5. The zero-order valence-electron chi connectivity index (χ0n) is 19.4. The van der Waals surface area contributed by atoms with Crippen molar-refractivity contribution in [1.29, 1.82) is 0 Å². The molecular weight excluding hydrogens is 432 g/mol. The normalized spacial score (nSPS) is 15.7. The predicted molar refractivity (Wildman–Crippen MR) is 130 cm³/mol. The molecule has 34 heavy (non-hydrogen) atoms. The topological polar surface area (TPSA) is 98.8 Å². The summed E-state index contributed by atoms with van der Waals surface area (Å²) < 4.78 is 0. The van der Waals surface area contributed by atoms with Gasteiger partial charge in [-0.2, -0.15) is 0 Å². The lowest BCUT2D eigenvalue weighted by atomic mass is 10.1. The third-order valence-electron chi connectivity index (χ3n) is 6.26. The van der Waals surface area contributed by atoms with Crippen LogP contribution < -0.4 is 10.6 Å². The summed E-state index contributed by atoms with van der Waals surface area (Å²) in [7, 11) is 0. The molecular formula is C26H30N4O4. The first kappa shape index (κ1) is 23.5. The molecule has 8 nitrogen and oxygen atoms in total. The maximum Gasteiger partial charge on any atom is 0.321 e. The Kier molecular flexibility index (Phi) is 7.25. The first-order valence-electron chi connectivity index (χ1n) is 12.0. The number of rotatable bonds is 6. The monoisotopic (exact) mass is 462 g/mol. The van der Waals surface area contributed by atoms with Crippen LogP contribution in [0.3, 0.4) is 0 Å². The van der Waals surface area contributed by atoms with E-state index in [0.29, 0.717) is 29.0 Å². The molecule has 1 fully saturated rings. The van der Waals surface area contributed by atoms with Crippen molar-refractivity contribution >= 4 is 35.1 Å². The number of nitrogens with zero attached hydrogens (tertiary/aromatic N) is 2. The average Bonchev–Trinajstić information content (AvgIpc) is 3.02. The minimum absolute atomic E-state index is 0.107. The molecule has 2 heterocycles. The van der Waals surface area contributed by atoms with E-state index in [4.69, 9.17) is 0 Å². The lowest BCUT2D eigenvalue weighted by Gasteiger charge is -2.20. The number of hydrogen-bond donors (Lipinski definition) is 2. The summed E-state index contributed by atoms with van der Waals surface area (Å²) in [5.41, 5.74) is 2.12. The predicted octanol–water partition coefficient (Wildman–Crippen LogP) is 4.74. The molecule has 2 N–H and O–H groups in total. The van der Waals surface area contributed by atoms with Crippen LogP contribution in [0.15, 0.2) is 42.5 Å². The van der Waals surface area contributed by atoms with E-state index in [1.165, 1.54) is 17.0 Å². The number of likely N-dealkylation sites (tertiary alicyclic amines) is 1. The number of anilines is 2. The third kappa shape index (κ3) is 5.11. The number of benzene rings is 2. The smallest absolute Gasteiger partial charge is 0.321 e. The molecule has 0 unspecified atom stereocenters. The standard InChI is InChI=1S/C26H30N4O4/c1-2-3-16-30-24(32)21-13-8-18(17-22(21)25(30)33)23(31)27-19-9-11-20(12-10-19)28-26(34)29-14-6-4-5-7-15-29/h8-13,17H,2-7,14-16H2,1H3,(H,27,31)(H,28,34). The molecule has 178 valence electrons. The van der Waals surface area contributed by atoms with Gasteiger partial charge in [0.25, 0.3) is 17.7 Å². The fourth-order valence-electron chi connectivity index (χ4n) is 4.27. The van der Waals surface area contributed by atoms with Gasteiger partial charge in [-0.25, -0.2) is 4.79 Å². The second-order valence-corrected chi connectivity index (χ2v) is 8.74. The summed E-state index contributed by atoms with van der Waals surface area (Å²) in [6.45, 7) is 3.92. The number of unbranched alkanes of at least 4 members (excludes halogenated alkanes) is 1. The maximum atomic E-state index is 12.8. The number of hydrogen-bond acceptors (Lipinski definition) is 4. The van der Waals surface area contributed by atoms with Gasteiger partial charge in [0.2, 0.25) is 0 Å². The van der Waals surface area contributed by atoms with Crippen molar-refractivity contribution in [2.75, 3.05) is 30.3 Å². The fourth-order valence-corrected chi connectivity index (χ4v) is 4.27. The van der Waals surface area contributed by atoms with Crippen molar-refractivity contribution in [3.05, 3.63) is 59.2 Å². The molecule has 2 aliphatic heterocycles. The quantitative estimate of drug-likeness (QED) is 0.606. The van der Waals surface area contributed by atoms with Crippen molar-refractivity contribution < 1.29 is 19.2 Å². The van der Waals surface area contributed by atoms with Gasteiger partial charge in [0, 0.05) is 36.6 Å². The highest BCUT2D eigenvalue weighted by atomic mass is 16.2. The van der Waals surface area contributed by atoms with Gasteiger partial charge in [0.1, 0.15) is 0 Å². The van der Waals surface area contributed by atoms with Crippen LogP contribution in [0.2, 0.25) is 0 Å². The van der Waals surface area contributed by atoms with E-state index >= 15 is 0 Å². The summed E-state index contributed by atoms with van der Waals surface area (Å²) >= 11 is 0. The van der Waals surface area contributed by atoms with Gasteiger partial charge in [0.15, 0.2) is 0 Å². The highest BCUT2D eigenvalue weighted by Crippen LogP contribution is 2.25. The van der Waals surface area contributed by atoms with Crippen LogP contribution in [0.5, 0.6) is 0 Å². The van der Waals surface area contributed by atoms with Crippen molar-refractivity contribution in [1.82, 2.24) is 9.80 Å². The van der Waals surface area contributed by atoms with E-state index in [9.17, 15) is 19.2 Å². The molecule has 0 aromatic heterocycles. The van der Waals surface area contributed by atoms with Crippen LogP contribution in [0, 0.1) is 0 Å². The van der Waals surface area contributed by atoms with Crippen LogP contribution >= 0.6 is 0 Å². The Morgan fingerprint density at radius 3 is 2.09 bits per heavy atom. The van der Waals surface area contributed by atoms with Crippen LogP contribution in [0.25, 0.3) is 0 Å². The van der Waals surface area contributed by atoms with E-state index in [1.54, 1.807) is 30.3 Å². The molecule has 4 rings (SSSR count). The van der Waals surface area contributed by atoms with Crippen LogP contribution in [0.4, 0.5) is 16.2 Å². The maximum absolute atomic E-state index is 12.8. The summed E-state index contributed by atoms with van der Waals surface area (Å²) in [5.74, 6) is -1.04. The van der Waals surface area contributed by atoms with Crippen LogP contribution in [-0.4, -0.2) is 53.2 Å². The minimum atomic E-state index is -0.378. The van der Waals surface area contributed by atoms with Crippen molar-refractivity contribution in [2.24, 2.45) is 0 Å². The van der Waals surface area contributed by atoms with E-state index in [2.05, 4.69) is 10.6 Å². The molecule has 2 aromatic rings.